The van der Waals surface area contributed by atoms with Crippen molar-refractivity contribution >= 4 is 12.0 Å². The predicted octanol–water partition coefficient (Wildman–Crippen LogP) is 3.53. The van der Waals surface area contributed by atoms with Crippen molar-refractivity contribution in [2.45, 2.75) is 45.8 Å². The van der Waals surface area contributed by atoms with Gasteiger partial charge in [0, 0.05) is 6.42 Å². The molecule has 1 aliphatic heterocycles. The molecule has 0 radical (unpaired) electrons. The topological polar surface area (TPSA) is 46.6 Å². The maximum atomic E-state index is 12.2. The van der Waals surface area contributed by atoms with E-state index in [1.165, 1.54) is 4.90 Å². The van der Waals surface area contributed by atoms with Crippen LogP contribution in [-0.2, 0) is 9.53 Å². The number of nitrogens with zero attached hydrogens (tertiary/aromatic N) is 1. The summed E-state index contributed by atoms with van der Waals surface area (Å²) in [4.78, 5) is 25.5. The maximum absolute atomic E-state index is 12.2. The van der Waals surface area contributed by atoms with E-state index < -0.39 is 6.09 Å². The standard InChI is InChI=1S/C16H21NO3/c1-4-11(2)10-14(18)17-12(3)15(20-16(17)19)13-8-6-5-7-9-13/h5-9,11-12,15H,4,10H2,1-3H3/t11-,12-,15-/m1/s1. The van der Waals surface area contributed by atoms with E-state index in [2.05, 4.69) is 0 Å². The molecule has 108 valence electrons. The maximum Gasteiger partial charge on any atom is 0.417 e. The first kappa shape index (κ1) is 14.6. The average molecular weight is 275 g/mol. The molecule has 0 bridgehead atoms. The fourth-order valence-corrected chi connectivity index (χ4v) is 2.42. The molecular weight excluding hydrogens is 254 g/mol. The van der Waals surface area contributed by atoms with Crippen molar-refractivity contribution in [2.24, 2.45) is 5.92 Å². The second-order valence-corrected chi connectivity index (χ2v) is 5.44. The second-order valence-electron chi connectivity index (χ2n) is 5.44. The number of ether oxygens (including phenoxy) is 1. The van der Waals surface area contributed by atoms with Gasteiger partial charge in [0.1, 0.15) is 6.10 Å². The number of cyclic esters (lactones) is 1. The summed E-state index contributed by atoms with van der Waals surface area (Å²) in [6.07, 6.45) is 0.409. The molecule has 20 heavy (non-hydrogen) atoms. The average Bonchev–Trinajstić information content (AvgIpc) is 2.74. The number of amides is 2. The zero-order valence-electron chi connectivity index (χ0n) is 12.2. The van der Waals surface area contributed by atoms with Gasteiger partial charge in [0.05, 0.1) is 6.04 Å². The number of benzene rings is 1. The summed E-state index contributed by atoms with van der Waals surface area (Å²) in [5.74, 6) is 0.133. The first-order chi connectivity index (χ1) is 9.54. The van der Waals surface area contributed by atoms with Crippen molar-refractivity contribution in [3.63, 3.8) is 0 Å². The SMILES string of the molecule is CC[C@@H](C)CC(=O)N1C(=O)O[C@@H](c2ccccc2)[C@H]1C. The molecule has 0 N–H and O–H groups in total. The quantitative estimate of drug-likeness (QED) is 0.844. The summed E-state index contributed by atoms with van der Waals surface area (Å²) in [5.41, 5.74) is 0.923. The normalized spacial score (nSPS) is 23.6. The van der Waals surface area contributed by atoms with Gasteiger partial charge in [-0.15, -0.1) is 0 Å². The molecular formula is C16H21NO3. The van der Waals surface area contributed by atoms with Crippen LogP contribution in [0.1, 0.15) is 45.3 Å². The van der Waals surface area contributed by atoms with Crippen LogP contribution < -0.4 is 0 Å². The highest BCUT2D eigenvalue weighted by Gasteiger charge is 2.43. The van der Waals surface area contributed by atoms with Crippen LogP contribution in [0.4, 0.5) is 4.79 Å². The van der Waals surface area contributed by atoms with Crippen molar-refractivity contribution in [3.05, 3.63) is 35.9 Å². The Morgan fingerprint density at radius 2 is 2.00 bits per heavy atom. The van der Waals surface area contributed by atoms with Crippen LogP contribution in [-0.4, -0.2) is 22.9 Å². The smallest absolute Gasteiger partial charge is 0.417 e. The Morgan fingerprint density at radius 1 is 1.35 bits per heavy atom. The van der Waals surface area contributed by atoms with Crippen LogP contribution in [0.15, 0.2) is 30.3 Å². The van der Waals surface area contributed by atoms with E-state index in [9.17, 15) is 9.59 Å². The van der Waals surface area contributed by atoms with Gasteiger partial charge in [-0.3, -0.25) is 4.79 Å². The zero-order valence-corrected chi connectivity index (χ0v) is 12.2. The minimum Gasteiger partial charge on any atom is -0.439 e. The van der Waals surface area contributed by atoms with Crippen LogP contribution in [0.3, 0.4) is 0 Å². The van der Waals surface area contributed by atoms with Gasteiger partial charge in [-0.05, 0) is 18.4 Å². The molecule has 1 fully saturated rings. The van der Waals surface area contributed by atoms with E-state index in [4.69, 9.17) is 4.74 Å². The fourth-order valence-electron chi connectivity index (χ4n) is 2.42. The van der Waals surface area contributed by atoms with Crippen molar-refractivity contribution in [1.82, 2.24) is 4.90 Å². The first-order valence-corrected chi connectivity index (χ1v) is 7.12. The number of rotatable bonds is 4. The van der Waals surface area contributed by atoms with Gasteiger partial charge >= 0.3 is 6.09 Å². The summed E-state index contributed by atoms with van der Waals surface area (Å²) in [6.45, 7) is 5.91. The Hall–Kier alpha value is -1.84. The Kier molecular flexibility index (Phi) is 4.42. The van der Waals surface area contributed by atoms with Crippen LogP contribution in [0.2, 0.25) is 0 Å². The van der Waals surface area contributed by atoms with Crippen LogP contribution in [0.5, 0.6) is 0 Å². The highest BCUT2D eigenvalue weighted by molar-refractivity contribution is 5.93. The minimum absolute atomic E-state index is 0.143. The van der Waals surface area contributed by atoms with Crippen molar-refractivity contribution in [2.75, 3.05) is 0 Å². The zero-order chi connectivity index (χ0) is 14.7. The van der Waals surface area contributed by atoms with Gasteiger partial charge in [-0.2, -0.15) is 0 Å². The summed E-state index contributed by atoms with van der Waals surface area (Å²) >= 11 is 0. The number of hydrogen-bond acceptors (Lipinski definition) is 3. The van der Waals surface area contributed by atoms with Crippen LogP contribution in [0.25, 0.3) is 0 Å². The van der Waals surface area contributed by atoms with Gasteiger partial charge in [0.15, 0.2) is 0 Å². The van der Waals surface area contributed by atoms with Crippen molar-refractivity contribution in [1.29, 1.82) is 0 Å². The summed E-state index contributed by atoms with van der Waals surface area (Å²) in [5, 5.41) is 0. The summed E-state index contributed by atoms with van der Waals surface area (Å²) in [6, 6.07) is 9.28. The number of carbonyl (C=O) groups excluding carboxylic acids is 2. The number of hydrogen-bond donors (Lipinski definition) is 0. The van der Waals surface area contributed by atoms with Crippen molar-refractivity contribution < 1.29 is 14.3 Å². The van der Waals surface area contributed by atoms with Gasteiger partial charge in [0.25, 0.3) is 0 Å². The summed E-state index contributed by atoms with van der Waals surface area (Å²) in [7, 11) is 0. The minimum atomic E-state index is -0.528. The molecule has 0 spiro atoms. The molecule has 1 heterocycles. The Bertz CT molecular complexity index is 486. The highest BCUT2D eigenvalue weighted by atomic mass is 16.6. The molecule has 0 unspecified atom stereocenters. The predicted molar refractivity (Wildman–Crippen MR) is 76.0 cm³/mol. The highest BCUT2D eigenvalue weighted by Crippen LogP contribution is 2.33. The lowest BCUT2D eigenvalue weighted by molar-refractivity contribution is -0.130. The van der Waals surface area contributed by atoms with Gasteiger partial charge < -0.3 is 4.74 Å². The summed E-state index contributed by atoms with van der Waals surface area (Å²) < 4.78 is 5.37. The van der Waals surface area contributed by atoms with E-state index in [-0.39, 0.29) is 24.0 Å². The molecule has 4 nitrogen and oxygen atoms in total. The molecule has 1 aromatic rings. The molecule has 0 aromatic heterocycles. The third-order valence-electron chi connectivity index (χ3n) is 3.89. The Labute approximate surface area is 119 Å². The third kappa shape index (κ3) is 2.84. The van der Waals surface area contributed by atoms with E-state index >= 15 is 0 Å². The molecule has 2 amide bonds. The molecule has 1 aromatic carbocycles. The van der Waals surface area contributed by atoms with E-state index in [1.54, 1.807) is 0 Å². The van der Waals surface area contributed by atoms with Crippen LogP contribution in [0, 0.1) is 5.92 Å². The molecule has 1 aliphatic rings. The number of imide groups is 1. The van der Waals surface area contributed by atoms with E-state index in [0.717, 1.165) is 12.0 Å². The van der Waals surface area contributed by atoms with Gasteiger partial charge in [0.2, 0.25) is 5.91 Å². The monoisotopic (exact) mass is 275 g/mol. The van der Waals surface area contributed by atoms with E-state index in [1.807, 2.05) is 51.1 Å². The lowest BCUT2D eigenvalue weighted by atomic mass is 10.0. The first-order valence-electron chi connectivity index (χ1n) is 7.12. The Morgan fingerprint density at radius 3 is 2.60 bits per heavy atom. The molecule has 0 saturated carbocycles. The lowest BCUT2D eigenvalue weighted by Crippen LogP contribution is -2.38. The van der Waals surface area contributed by atoms with Gasteiger partial charge in [-0.25, -0.2) is 9.69 Å². The molecule has 1 saturated heterocycles. The largest absolute Gasteiger partial charge is 0.439 e. The second kappa shape index (κ2) is 6.07. The molecule has 2 rings (SSSR count). The molecule has 4 heteroatoms. The fraction of sp³-hybridized carbons (Fsp3) is 0.500. The van der Waals surface area contributed by atoms with Gasteiger partial charge in [-0.1, -0.05) is 50.6 Å². The van der Waals surface area contributed by atoms with E-state index in [0.29, 0.717) is 6.42 Å². The van der Waals surface area contributed by atoms with Crippen LogP contribution >= 0.6 is 0 Å². The van der Waals surface area contributed by atoms with Crippen molar-refractivity contribution in [3.8, 4) is 0 Å². The number of carbonyl (C=O) groups is 2. The molecule has 0 aliphatic carbocycles. The Balaban J connectivity index is 2.13. The lowest BCUT2D eigenvalue weighted by Gasteiger charge is -2.20. The third-order valence-corrected chi connectivity index (χ3v) is 3.89. The molecule has 3 atom stereocenters.